The van der Waals surface area contributed by atoms with Crippen molar-refractivity contribution in [3.05, 3.63) is 12.7 Å². The van der Waals surface area contributed by atoms with E-state index in [9.17, 15) is 9.90 Å². The fourth-order valence-electron chi connectivity index (χ4n) is 1.32. The van der Waals surface area contributed by atoms with E-state index in [1.165, 1.54) is 6.08 Å². The zero-order valence-electron chi connectivity index (χ0n) is 7.75. The highest BCUT2D eigenvalue weighted by atomic mass is 16.5. The van der Waals surface area contributed by atoms with Gasteiger partial charge in [-0.2, -0.15) is 0 Å². The van der Waals surface area contributed by atoms with Gasteiger partial charge in [-0.3, -0.25) is 4.79 Å². The summed E-state index contributed by atoms with van der Waals surface area (Å²) in [5.74, 6) is -0.271. The molecule has 1 fully saturated rings. The van der Waals surface area contributed by atoms with E-state index in [1.807, 2.05) is 0 Å². The van der Waals surface area contributed by atoms with Crippen molar-refractivity contribution in [2.75, 3.05) is 13.2 Å². The van der Waals surface area contributed by atoms with Gasteiger partial charge in [0.2, 0.25) is 5.91 Å². The van der Waals surface area contributed by atoms with Crippen molar-refractivity contribution in [2.45, 2.75) is 25.0 Å². The highest BCUT2D eigenvalue weighted by Crippen LogP contribution is 2.24. The molecule has 0 saturated carbocycles. The maximum Gasteiger partial charge on any atom is 0.243 e. The number of carbonyl (C=O) groups excluding carboxylic acids is 1. The van der Waals surface area contributed by atoms with E-state index >= 15 is 0 Å². The van der Waals surface area contributed by atoms with Crippen molar-refractivity contribution < 1.29 is 14.6 Å². The predicted octanol–water partition coefficient (Wildman–Crippen LogP) is -0.172. The fourth-order valence-corrected chi connectivity index (χ4v) is 1.32. The van der Waals surface area contributed by atoms with Gasteiger partial charge in [-0.25, -0.2) is 0 Å². The minimum atomic E-state index is -0.918. The van der Waals surface area contributed by atoms with E-state index in [1.54, 1.807) is 6.92 Å². The fraction of sp³-hybridized carbons (Fsp3) is 0.667. The van der Waals surface area contributed by atoms with Crippen molar-refractivity contribution in [2.24, 2.45) is 0 Å². The van der Waals surface area contributed by atoms with E-state index in [0.717, 1.165) is 0 Å². The quantitative estimate of drug-likeness (QED) is 0.600. The van der Waals surface area contributed by atoms with Gasteiger partial charge in [0, 0.05) is 19.6 Å². The molecule has 13 heavy (non-hydrogen) atoms. The third-order valence-corrected chi connectivity index (χ3v) is 2.41. The standard InChI is InChI=1S/C9H15NO3/c1-3-8(11)10-6-9(12)4-5-13-7(9)2/h3,7,12H,1,4-6H2,2H3,(H,10,11). The lowest BCUT2D eigenvalue weighted by Crippen LogP contribution is -2.47. The summed E-state index contributed by atoms with van der Waals surface area (Å²) in [6, 6.07) is 0. The molecule has 2 N–H and O–H groups in total. The maximum atomic E-state index is 10.8. The Morgan fingerprint density at radius 2 is 2.62 bits per heavy atom. The molecular weight excluding hydrogens is 170 g/mol. The smallest absolute Gasteiger partial charge is 0.243 e. The first kappa shape index (κ1) is 10.2. The molecule has 1 heterocycles. The first-order valence-electron chi connectivity index (χ1n) is 4.33. The molecule has 0 aliphatic carbocycles. The van der Waals surface area contributed by atoms with Gasteiger partial charge in [0.05, 0.1) is 6.10 Å². The van der Waals surface area contributed by atoms with Crippen LogP contribution in [0.1, 0.15) is 13.3 Å². The van der Waals surface area contributed by atoms with Gasteiger partial charge >= 0.3 is 0 Å². The Balaban J connectivity index is 2.42. The summed E-state index contributed by atoms with van der Waals surface area (Å²) in [6.45, 7) is 5.89. The Morgan fingerprint density at radius 3 is 3.08 bits per heavy atom. The molecular formula is C9H15NO3. The topological polar surface area (TPSA) is 58.6 Å². The van der Waals surface area contributed by atoms with E-state index in [0.29, 0.717) is 13.0 Å². The summed E-state index contributed by atoms with van der Waals surface area (Å²) in [5, 5.41) is 12.5. The van der Waals surface area contributed by atoms with Crippen molar-refractivity contribution in [1.29, 1.82) is 0 Å². The summed E-state index contributed by atoms with van der Waals surface area (Å²) < 4.78 is 5.21. The van der Waals surface area contributed by atoms with Crippen molar-refractivity contribution in [3.8, 4) is 0 Å². The lowest BCUT2D eigenvalue weighted by Gasteiger charge is -2.25. The molecule has 4 nitrogen and oxygen atoms in total. The molecule has 0 aromatic heterocycles. The molecule has 1 rings (SSSR count). The van der Waals surface area contributed by atoms with Crippen LogP contribution in [0.25, 0.3) is 0 Å². The van der Waals surface area contributed by atoms with Crippen LogP contribution in [0.15, 0.2) is 12.7 Å². The Labute approximate surface area is 77.6 Å². The average Bonchev–Trinajstić information content (AvgIpc) is 2.44. The van der Waals surface area contributed by atoms with E-state index in [2.05, 4.69) is 11.9 Å². The summed E-state index contributed by atoms with van der Waals surface area (Å²) >= 11 is 0. The van der Waals surface area contributed by atoms with Crippen LogP contribution in [0, 0.1) is 0 Å². The lowest BCUT2D eigenvalue weighted by molar-refractivity contribution is -0.118. The Bertz CT molecular complexity index is 217. The van der Waals surface area contributed by atoms with Crippen LogP contribution in [0.2, 0.25) is 0 Å². The van der Waals surface area contributed by atoms with Crippen LogP contribution >= 0.6 is 0 Å². The molecule has 1 aliphatic heterocycles. The summed E-state index contributed by atoms with van der Waals surface area (Å²) in [7, 11) is 0. The molecule has 0 spiro atoms. The van der Waals surface area contributed by atoms with Crippen LogP contribution in [-0.4, -0.2) is 35.9 Å². The number of ether oxygens (including phenoxy) is 1. The largest absolute Gasteiger partial charge is 0.385 e. The van der Waals surface area contributed by atoms with Crippen LogP contribution < -0.4 is 5.32 Å². The minimum absolute atomic E-state index is 0.221. The van der Waals surface area contributed by atoms with Gasteiger partial charge < -0.3 is 15.2 Å². The third kappa shape index (κ3) is 2.29. The number of amides is 1. The Hall–Kier alpha value is -0.870. The van der Waals surface area contributed by atoms with E-state index in [4.69, 9.17) is 4.74 Å². The monoisotopic (exact) mass is 185 g/mol. The van der Waals surface area contributed by atoms with Crippen LogP contribution in [-0.2, 0) is 9.53 Å². The van der Waals surface area contributed by atoms with Crippen LogP contribution in [0.4, 0.5) is 0 Å². The third-order valence-electron chi connectivity index (χ3n) is 2.41. The first-order chi connectivity index (χ1) is 6.08. The first-order valence-corrected chi connectivity index (χ1v) is 4.33. The molecule has 74 valence electrons. The summed E-state index contributed by atoms with van der Waals surface area (Å²) in [5.41, 5.74) is -0.918. The molecule has 4 heteroatoms. The molecule has 2 atom stereocenters. The van der Waals surface area contributed by atoms with E-state index in [-0.39, 0.29) is 18.6 Å². The van der Waals surface area contributed by atoms with Gasteiger partial charge in [0.1, 0.15) is 5.60 Å². The minimum Gasteiger partial charge on any atom is -0.385 e. The molecule has 0 aromatic carbocycles. The molecule has 0 bridgehead atoms. The molecule has 0 radical (unpaired) electrons. The normalized spacial score (nSPS) is 32.9. The second kappa shape index (κ2) is 3.89. The predicted molar refractivity (Wildman–Crippen MR) is 48.2 cm³/mol. The van der Waals surface area contributed by atoms with Crippen molar-refractivity contribution >= 4 is 5.91 Å². The van der Waals surface area contributed by atoms with Crippen molar-refractivity contribution in [1.82, 2.24) is 5.32 Å². The number of aliphatic hydroxyl groups is 1. The second-order valence-corrected chi connectivity index (χ2v) is 3.29. The van der Waals surface area contributed by atoms with Crippen LogP contribution in [0.3, 0.4) is 0 Å². The second-order valence-electron chi connectivity index (χ2n) is 3.29. The molecule has 1 saturated heterocycles. The molecule has 1 amide bonds. The molecule has 2 unspecified atom stereocenters. The maximum absolute atomic E-state index is 10.8. The van der Waals surface area contributed by atoms with Gasteiger partial charge in [-0.1, -0.05) is 6.58 Å². The average molecular weight is 185 g/mol. The number of hydrogen-bond acceptors (Lipinski definition) is 3. The molecule has 1 aliphatic rings. The van der Waals surface area contributed by atoms with Gasteiger partial charge in [-0.15, -0.1) is 0 Å². The highest BCUT2D eigenvalue weighted by molar-refractivity contribution is 5.86. The SMILES string of the molecule is C=CC(=O)NCC1(O)CCOC1C. The van der Waals surface area contributed by atoms with Gasteiger partial charge in [0.15, 0.2) is 0 Å². The number of nitrogens with one attached hydrogen (secondary N) is 1. The summed E-state index contributed by atoms with van der Waals surface area (Å²) in [4.78, 5) is 10.8. The van der Waals surface area contributed by atoms with Crippen molar-refractivity contribution in [3.63, 3.8) is 0 Å². The van der Waals surface area contributed by atoms with E-state index < -0.39 is 5.60 Å². The Morgan fingerprint density at radius 1 is 1.92 bits per heavy atom. The number of hydrogen-bond donors (Lipinski definition) is 2. The van der Waals surface area contributed by atoms with Gasteiger partial charge in [0.25, 0.3) is 0 Å². The van der Waals surface area contributed by atoms with Crippen LogP contribution in [0.5, 0.6) is 0 Å². The number of rotatable bonds is 3. The molecule has 0 aromatic rings. The lowest BCUT2D eigenvalue weighted by atomic mass is 9.97. The zero-order chi connectivity index (χ0) is 9.90. The Kier molecular flexibility index (Phi) is 3.06. The van der Waals surface area contributed by atoms with Gasteiger partial charge in [-0.05, 0) is 13.0 Å². The number of carbonyl (C=O) groups is 1. The zero-order valence-corrected chi connectivity index (χ0v) is 7.75. The summed E-state index contributed by atoms with van der Waals surface area (Å²) in [6.07, 6.45) is 1.52. The highest BCUT2D eigenvalue weighted by Gasteiger charge is 2.39.